The first kappa shape index (κ1) is 11.8. The molecule has 0 radical (unpaired) electrons. The maximum Gasteiger partial charge on any atom is 0.373 e. The van der Waals surface area contributed by atoms with Gasteiger partial charge in [0, 0.05) is 0 Å². The number of carboxylic acid groups (broad SMARTS) is 1. The minimum Gasteiger partial charge on any atom is -0.475 e. The normalized spacial score (nSPS) is 17.9. The molecule has 0 bridgehead atoms. The van der Waals surface area contributed by atoms with Crippen LogP contribution in [0.15, 0.2) is 24.3 Å². The SMILES string of the molecule is Cc1ccc(C2(C(=O)C(=O)O)CCCC2)cc1. The molecule has 2 rings (SSSR count). The van der Waals surface area contributed by atoms with Gasteiger partial charge in [0.15, 0.2) is 0 Å². The molecular formula is C14H16O3. The maximum atomic E-state index is 12.0. The van der Waals surface area contributed by atoms with Crippen LogP contribution in [0.25, 0.3) is 0 Å². The summed E-state index contributed by atoms with van der Waals surface area (Å²) < 4.78 is 0. The Morgan fingerprint density at radius 1 is 1.12 bits per heavy atom. The van der Waals surface area contributed by atoms with Crippen molar-refractivity contribution in [2.45, 2.75) is 38.0 Å². The molecule has 1 fully saturated rings. The second kappa shape index (κ2) is 4.32. The first-order chi connectivity index (χ1) is 8.06. The van der Waals surface area contributed by atoms with Crippen molar-refractivity contribution in [2.24, 2.45) is 0 Å². The average molecular weight is 232 g/mol. The summed E-state index contributed by atoms with van der Waals surface area (Å²) >= 11 is 0. The lowest BCUT2D eigenvalue weighted by Gasteiger charge is -2.26. The Morgan fingerprint density at radius 3 is 2.12 bits per heavy atom. The summed E-state index contributed by atoms with van der Waals surface area (Å²) in [5.74, 6) is -1.97. The smallest absolute Gasteiger partial charge is 0.373 e. The molecule has 0 unspecified atom stereocenters. The summed E-state index contributed by atoms with van der Waals surface area (Å²) in [6.45, 7) is 1.98. The number of hydrogen-bond donors (Lipinski definition) is 1. The van der Waals surface area contributed by atoms with Crippen LogP contribution in [0.4, 0.5) is 0 Å². The van der Waals surface area contributed by atoms with E-state index in [9.17, 15) is 9.59 Å². The first-order valence-corrected chi connectivity index (χ1v) is 5.91. The van der Waals surface area contributed by atoms with Gasteiger partial charge in [-0.25, -0.2) is 4.79 Å². The lowest BCUT2D eigenvalue weighted by Crippen LogP contribution is -2.38. The molecule has 0 aromatic heterocycles. The zero-order valence-electron chi connectivity index (χ0n) is 9.90. The molecule has 1 N–H and O–H groups in total. The number of benzene rings is 1. The largest absolute Gasteiger partial charge is 0.475 e. The minimum atomic E-state index is -1.31. The van der Waals surface area contributed by atoms with Crippen LogP contribution in [0, 0.1) is 6.92 Å². The molecular weight excluding hydrogens is 216 g/mol. The zero-order valence-corrected chi connectivity index (χ0v) is 9.90. The molecule has 3 heteroatoms. The van der Waals surface area contributed by atoms with Crippen LogP contribution in [0.5, 0.6) is 0 Å². The average Bonchev–Trinajstić information content (AvgIpc) is 2.79. The third-order valence-corrected chi connectivity index (χ3v) is 3.69. The van der Waals surface area contributed by atoms with Gasteiger partial charge in [-0.05, 0) is 25.3 Å². The molecule has 90 valence electrons. The molecule has 0 heterocycles. The van der Waals surface area contributed by atoms with E-state index in [1.54, 1.807) is 0 Å². The van der Waals surface area contributed by atoms with E-state index in [0.717, 1.165) is 24.0 Å². The zero-order chi connectivity index (χ0) is 12.5. The van der Waals surface area contributed by atoms with Crippen molar-refractivity contribution in [1.82, 2.24) is 0 Å². The molecule has 1 aromatic rings. The van der Waals surface area contributed by atoms with E-state index in [1.165, 1.54) is 0 Å². The third-order valence-electron chi connectivity index (χ3n) is 3.69. The number of Topliss-reactive ketones (excluding diaryl/α,β-unsaturated/α-hetero) is 1. The quantitative estimate of drug-likeness (QED) is 0.814. The Bertz CT molecular complexity index is 439. The second-order valence-corrected chi connectivity index (χ2v) is 4.79. The summed E-state index contributed by atoms with van der Waals surface area (Å²) in [4.78, 5) is 22.9. The van der Waals surface area contributed by atoms with Crippen molar-refractivity contribution in [3.8, 4) is 0 Å². The number of hydrogen-bond acceptors (Lipinski definition) is 2. The van der Waals surface area contributed by atoms with E-state index in [4.69, 9.17) is 5.11 Å². The Balaban J connectivity index is 2.44. The predicted molar refractivity (Wildman–Crippen MR) is 64.0 cm³/mol. The Morgan fingerprint density at radius 2 is 1.65 bits per heavy atom. The number of rotatable bonds is 3. The monoisotopic (exact) mass is 232 g/mol. The molecule has 1 aliphatic rings. The van der Waals surface area contributed by atoms with Crippen LogP contribution in [0.1, 0.15) is 36.8 Å². The highest BCUT2D eigenvalue weighted by atomic mass is 16.4. The molecule has 0 aliphatic heterocycles. The fraction of sp³-hybridized carbons (Fsp3) is 0.429. The molecule has 0 amide bonds. The summed E-state index contributed by atoms with van der Waals surface area (Å²) in [5.41, 5.74) is 1.19. The van der Waals surface area contributed by atoms with Gasteiger partial charge in [0.25, 0.3) is 0 Å². The number of aryl methyl sites for hydroxylation is 1. The van der Waals surface area contributed by atoms with Crippen LogP contribution in [0.3, 0.4) is 0 Å². The predicted octanol–water partition coefficient (Wildman–Crippen LogP) is 2.46. The Kier molecular flexibility index (Phi) is 3.01. The van der Waals surface area contributed by atoms with E-state index in [2.05, 4.69) is 0 Å². The molecule has 0 spiro atoms. The molecule has 1 aliphatic carbocycles. The van der Waals surface area contributed by atoms with E-state index >= 15 is 0 Å². The summed E-state index contributed by atoms with van der Waals surface area (Å²) in [6, 6.07) is 7.65. The van der Waals surface area contributed by atoms with E-state index in [1.807, 2.05) is 31.2 Å². The second-order valence-electron chi connectivity index (χ2n) is 4.79. The number of ketones is 1. The van der Waals surface area contributed by atoms with Crippen molar-refractivity contribution < 1.29 is 14.7 Å². The van der Waals surface area contributed by atoms with Gasteiger partial charge in [0.1, 0.15) is 0 Å². The van der Waals surface area contributed by atoms with Crippen molar-refractivity contribution in [2.75, 3.05) is 0 Å². The van der Waals surface area contributed by atoms with Gasteiger partial charge in [0.2, 0.25) is 5.78 Å². The van der Waals surface area contributed by atoms with Gasteiger partial charge < -0.3 is 5.11 Å². The van der Waals surface area contributed by atoms with Gasteiger partial charge in [-0.3, -0.25) is 4.79 Å². The van der Waals surface area contributed by atoms with Crippen molar-refractivity contribution >= 4 is 11.8 Å². The van der Waals surface area contributed by atoms with Crippen molar-refractivity contribution in [3.05, 3.63) is 35.4 Å². The number of carbonyl (C=O) groups is 2. The Labute approximate surface area is 100 Å². The number of carbonyl (C=O) groups excluding carboxylic acids is 1. The van der Waals surface area contributed by atoms with Gasteiger partial charge >= 0.3 is 5.97 Å². The van der Waals surface area contributed by atoms with Crippen LogP contribution in [0.2, 0.25) is 0 Å². The highest BCUT2D eigenvalue weighted by molar-refractivity contribution is 6.36. The lowest BCUT2D eigenvalue weighted by atomic mass is 9.75. The maximum absolute atomic E-state index is 12.0. The number of carboxylic acids is 1. The first-order valence-electron chi connectivity index (χ1n) is 5.91. The van der Waals surface area contributed by atoms with Crippen molar-refractivity contribution in [1.29, 1.82) is 0 Å². The minimum absolute atomic E-state index is 0.654. The van der Waals surface area contributed by atoms with Gasteiger partial charge in [-0.1, -0.05) is 42.7 Å². The lowest BCUT2D eigenvalue weighted by molar-refractivity contribution is -0.151. The Hall–Kier alpha value is -1.64. The van der Waals surface area contributed by atoms with Crippen molar-refractivity contribution in [3.63, 3.8) is 0 Å². The van der Waals surface area contributed by atoms with Crippen LogP contribution in [-0.2, 0) is 15.0 Å². The fourth-order valence-electron chi connectivity index (χ4n) is 2.70. The highest BCUT2D eigenvalue weighted by Crippen LogP contribution is 2.42. The van der Waals surface area contributed by atoms with Crippen LogP contribution >= 0.6 is 0 Å². The van der Waals surface area contributed by atoms with E-state index in [0.29, 0.717) is 12.8 Å². The number of aliphatic carboxylic acids is 1. The van der Waals surface area contributed by atoms with Gasteiger partial charge in [-0.15, -0.1) is 0 Å². The fourth-order valence-corrected chi connectivity index (χ4v) is 2.70. The molecule has 0 saturated heterocycles. The molecule has 0 atom stereocenters. The van der Waals surface area contributed by atoms with Gasteiger partial charge in [-0.2, -0.15) is 0 Å². The standard InChI is InChI=1S/C14H16O3/c1-10-4-6-11(7-5-10)14(8-2-3-9-14)12(15)13(16)17/h4-7H,2-3,8-9H2,1H3,(H,16,17). The topological polar surface area (TPSA) is 54.4 Å². The molecule has 17 heavy (non-hydrogen) atoms. The summed E-state index contributed by atoms with van der Waals surface area (Å²) in [5, 5.41) is 8.97. The summed E-state index contributed by atoms with van der Waals surface area (Å²) in [6.07, 6.45) is 3.15. The van der Waals surface area contributed by atoms with E-state index in [-0.39, 0.29) is 0 Å². The van der Waals surface area contributed by atoms with E-state index < -0.39 is 17.2 Å². The van der Waals surface area contributed by atoms with Crippen LogP contribution in [-0.4, -0.2) is 16.9 Å². The van der Waals surface area contributed by atoms with Crippen LogP contribution < -0.4 is 0 Å². The third kappa shape index (κ3) is 1.97. The van der Waals surface area contributed by atoms with Gasteiger partial charge in [0.05, 0.1) is 5.41 Å². The molecule has 1 saturated carbocycles. The highest BCUT2D eigenvalue weighted by Gasteiger charge is 2.45. The summed E-state index contributed by atoms with van der Waals surface area (Å²) in [7, 11) is 0. The molecule has 1 aromatic carbocycles. The molecule has 3 nitrogen and oxygen atoms in total.